The van der Waals surface area contributed by atoms with Gasteiger partial charge in [-0.05, 0) is 254 Å². The number of fused-ring (bicyclic) bond motifs is 16. The number of carbonyl (C=O) groups is 4. The highest BCUT2D eigenvalue weighted by atomic mass is 16.5. The van der Waals surface area contributed by atoms with Gasteiger partial charge in [-0.25, -0.2) is 19.9 Å². The molecule has 2 atom stereocenters. The fraction of sp³-hybridized carbons (Fsp3) is 0.397. The van der Waals surface area contributed by atoms with Gasteiger partial charge in [-0.15, -0.1) is 0 Å². The zero-order chi connectivity index (χ0) is 65.3. The second kappa shape index (κ2) is 27.2. The molecular weight excluding hydrogens is 1150 g/mol. The third-order valence-electron chi connectivity index (χ3n) is 18.8. The largest absolute Gasteiger partial charge is 0.481 e. The monoisotopic (exact) mass is 1230 g/mol. The van der Waals surface area contributed by atoms with Crippen molar-refractivity contribution in [2.75, 3.05) is 13.2 Å². The Kier molecular flexibility index (Phi) is 19.4. The van der Waals surface area contributed by atoms with Crippen LogP contribution < -0.4 is 0 Å². The van der Waals surface area contributed by atoms with Crippen LogP contribution in [0.25, 0.3) is 88.7 Å². The molecule has 6 aromatic rings. The van der Waals surface area contributed by atoms with Gasteiger partial charge in [0.25, 0.3) is 0 Å². The van der Waals surface area contributed by atoms with Crippen molar-refractivity contribution in [3.63, 3.8) is 0 Å². The molecule has 6 aromatic heterocycles. The molecule has 0 spiro atoms. The topological polar surface area (TPSA) is 282 Å². The van der Waals surface area contributed by atoms with Gasteiger partial charge in [0.15, 0.2) is 0 Å². The van der Waals surface area contributed by atoms with Crippen LogP contribution in [0.5, 0.6) is 0 Å². The van der Waals surface area contributed by atoms with Crippen LogP contribution in [0.4, 0.5) is 0 Å². The maximum Gasteiger partial charge on any atom is 0.303 e. The average Bonchev–Trinajstić information content (AvgIpc) is 1.65. The quantitative estimate of drug-likeness (QED) is 0.0262. The Morgan fingerprint density at radius 2 is 0.648 bits per heavy atom. The molecule has 0 amide bonds. The van der Waals surface area contributed by atoms with Gasteiger partial charge in [0, 0.05) is 94.2 Å². The van der Waals surface area contributed by atoms with Gasteiger partial charge in [0.2, 0.25) is 0 Å². The van der Waals surface area contributed by atoms with Gasteiger partial charge < -0.3 is 49.8 Å². The standard InChI is InChI=1S/C73H84N8O10/c1-13-46-36(3)52-28-54-38(5)48(18-22-68(82)83)62(76-54)34-64-50(20-24-70(86)87)40(7)56(78-64)32-66-72(42(9)58(80-66)30-60(46)74-52)44(11)90-26-16-15-17-27-91-45(12)73-43(10)59-31-61-47(14-2)37(4)53(75-61)29-55-39(6)49(19-23-69(84)85)63(77-55)35-65-51(21-25-71(88)89)41(8)57(79-65)33-67(73)81-59/h28-35,44-45,74-75,80-81H,13-27H2,1-12H3,(H,82,83)(H,84,85)(H,86,87)(H,88,89). The van der Waals surface area contributed by atoms with E-state index in [0.717, 1.165) is 166 Å². The number of nitrogens with one attached hydrogen (secondary N) is 4. The van der Waals surface area contributed by atoms with E-state index in [2.05, 4.69) is 87.5 Å². The van der Waals surface area contributed by atoms with Crippen LogP contribution in [0.3, 0.4) is 0 Å². The molecule has 4 aliphatic heterocycles. The lowest BCUT2D eigenvalue weighted by Gasteiger charge is -2.15. The number of hydrogen-bond acceptors (Lipinski definition) is 10. The molecule has 91 heavy (non-hydrogen) atoms. The van der Waals surface area contributed by atoms with E-state index in [-0.39, 0.29) is 63.6 Å². The first-order valence-electron chi connectivity index (χ1n) is 31.8. The number of rotatable bonds is 24. The fourth-order valence-electron chi connectivity index (χ4n) is 13.6. The minimum Gasteiger partial charge on any atom is -0.481 e. The Labute approximate surface area is 529 Å². The van der Waals surface area contributed by atoms with Crippen LogP contribution >= 0.6 is 0 Å². The number of aliphatic carboxylic acids is 4. The molecule has 10 heterocycles. The molecule has 476 valence electrons. The Morgan fingerprint density at radius 3 is 0.934 bits per heavy atom. The summed E-state index contributed by atoms with van der Waals surface area (Å²) in [6.45, 7) is 25.7. The molecule has 18 heteroatoms. The molecule has 0 saturated heterocycles. The first-order valence-corrected chi connectivity index (χ1v) is 31.8. The number of ether oxygens (including phenoxy) is 2. The van der Waals surface area contributed by atoms with E-state index in [1.54, 1.807) is 0 Å². The lowest BCUT2D eigenvalue weighted by molar-refractivity contribution is -0.137. The summed E-state index contributed by atoms with van der Waals surface area (Å²) < 4.78 is 13.5. The van der Waals surface area contributed by atoms with E-state index in [1.165, 1.54) is 11.1 Å². The van der Waals surface area contributed by atoms with E-state index in [1.807, 2.05) is 64.1 Å². The Hall–Kier alpha value is -9.00. The number of allylic oxidation sites excluding steroid dienone is 8. The predicted octanol–water partition coefficient (Wildman–Crippen LogP) is 16.5. The third kappa shape index (κ3) is 13.6. The minimum absolute atomic E-state index is 0.0700. The first kappa shape index (κ1) is 65.0. The molecule has 10 rings (SSSR count). The molecule has 0 aliphatic carbocycles. The maximum atomic E-state index is 12.0. The van der Waals surface area contributed by atoms with Crippen molar-refractivity contribution in [1.29, 1.82) is 0 Å². The normalized spacial score (nSPS) is 14.1. The summed E-state index contributed by atoms with van der Waals surface area (Å²) in [5.74, 6) is -3.65. The highest BCUT2D eigenvalue weighted by molar-refractivity contribution is 5.99. The highest BCUT2D eigenvalue weighted by Gasteiger charge is 2.27. The van der Waals surface area contributed by atoms with Gasteiger partial charge >= 0.3 is 23.9 Å². The SMILES string of the molecule is CCc1c(C)c2cc3nc(cc4nc(cc5[nH]c(cc1[nH]2)c(C)c5C(C)OCCCCCOC(C)c1c(C)c2cc5[nH]c(cc6nc(cc7nc(cc1[nH]2)C(C)=C7CCC(=O)O)C(CCC(=O)O)=C6C)c(C)c5CC)C(C)=C4CCC(=O)O)C(CCC(=O)O)=C3C. The Balaban J connectivity index is 0.936. The second-order valence-corrected chi connectivity index (χ2v) is 24.6. The summed E-state index contributed by atoms with van der Waals surface area (Å²) in [4.78, 5) is 83.3. The number of H-pyrrole nitrogens is 4. The number of aromatic amines is 4. The molecule has 18 nitrogen and oxygen atoms in total. The van der Waals surface area contributed by atoms with Gasteiger partial charge in [-0.1, -0.05) is 13.8 Å². The van der Waals surface area contributed by atoms with Crippen LogP contribution in [0.1, 0.15) is 228 Å². The molecule has 16 bridgehead atoms. The molecule has 0 fully saturated rings. The minimum atomic E-state index is -0.918. The van der Waals surface area contributed by atoms with Gasteiger partial charge in [0.05, 0.1) is 57.8 Å². The summed E-state index contributed by atoms with van der Waals surface area (Å²) in [6, 6.07) is 16.2. The first-order chi connectivity index (χ1) is 43.4. The number of unbranched alkanes of at least 4 members (excludes halogenated alkanes) is 2. The smallest absolute Gasteiger partial charge is 0.303 e. The third-order valence-corrected chi connectivity index (χ3v) is 18.8. The van der Waals surface area contributed by atoms with Crippen molar-refractivity contribution in [2.24, 2.45) is 0 Å². The van der Waals surface area contributed by atoms with E-state index in [0.29, 0.717) is 47.4 Å². The van der Waals surface area contributed by atoms with Crippen molar-refractivity contribution >= 4 is 113 Å². The number of nitrogens with zero attached hydrogens (tertiary/aromatic N) is 4. The maximum absolute atomic E-state index is 12.0. The lowest BCUT2D eigenvalue weighted by atomic mass is 9.98. The molecular formula is C73H84N8O10. The lowest BCUT2D eigenvalue weighted by Crippen LogP contribution is -2.05. The Morgan fingerprint density at radius 1 is 0.374 bits per heavy atom. The van der Waals surface area contributed by atoms with Gasteiger partial charge in [-0.2, -0.15) is 0 Å². The number of carboxylic acid groups (broad SMARTS) is 4. The van der Waals surface area contributed by atoms with Crippen LogP contribution in [0.15, 0.2) is 48.5 Å². The zero-order valence-corrected chi connectivity index (χ0v) is 54.4. The molecule has 2 unspecified atom stereocenters. The van der Waals surface area contributed by atoms with Gasteiger partial charge in [0.1, 0.15) is 0 Å². The van der Waals surface area contributed by atoms with Crippen molar-refractivity contribution in [1.82, 2.24) is 39.9 Å². The molecule has 0 saturated carbocycles. The van der Waals surface area contributed by atoms with E-state index < -0.39 is 23.9 Å². The Bertz CT molecular complexity index is 4180. The number of carboxylic acids is 4. The van der Waals surface area contributed by atoms with Crippen molar-refractivity contribution < 1.29 is 49.1 Å². The van der Waals surface area contributed by atoms with Crippen LogP contribution in [-0.2, 0) is 41.5 Å². The summed E-state index contributed by atoms with van der Waals surface area (Å²) in [7, 11) is 0. The van der Waals surface area contributed by atoms with Gasteiger partial charge in [-0.3, -0.25) is 19.2 Å². The highest BCUT2D eigenvalue weighted by Crippen LogP contribution is 2.42. The van der Waals surface area contributed by atoms with E-state index in [9.17, 15) is 39.6 Å². The van der Waals surface area contributed by atoms with Crippen molar-refractivity contribution in [3.8, 4) is 0 Å². The van der Waals surface area contributed by atoms with Crippen LogP contribution in [-0.4, -0.2) is 97.4 Å². The predicted molar refractivity (Wildman–Crippen MR) is 360 cm³/mol. The summed E-state index contributed by atoms with van der Waals surface area (Å²) >= 11 is 0. The summed E-state index contributed by atoms with van der Waals surface area (Å²) in [6.07, 6.45) is 4.08. The summed E-state index contributed by atoms with van der Waals surface area (Å²) in [5.41, 5.74) is 27.8. The van der Waals surface area contributed by atoms with Crippen molar-refractivity contribution in [2.45, 2.75) is 179 Å². The molecule has 8 N–H and O–H groups in total. The summed E-state index contributed by atoms with van der Waals surface area (Å²) in [5, 5.41) is 39.2. The van der Waals surface area contributed by atoms with Crippen LogP contribution in [0, 0.1) is 27.7 Å². The van der Waals surface area contributed by atoms with Crippen molar-refractivity contribution in [3.05, 3.63) is 139 Å². The fourth-order valence-corrected chi connectivity index (χ4v) is 13.6. The van der Waals surface area contributed by atoms with E-state index in [4.69, 9.17) is 29.4 Å². The number of aromatic nitrogens is 8. The molecule has 0 radical (unpaired) electrons. The average molecular weight is 1230 g/mol. The zero-order valence-electron chi connectivity index (χ0n) is 54.4. The second-order valence-electron chi connectivity index (χ2n) is 24.6. The van der Waals surface area contributed by atoms with E-state index >= 15 is 0 Å². The molecule has 4 aliphatic rings. The number of aryl methyl sites for hydroxylation is 6. The van der Waals surface area contributed by atoms with Crippen LogP contribution in [0.2, 0.25) is 0 Å². The molecule has 0 aromatic carbocycles. The number of hydrogen-bond donors (Lipinski definition) is 8.